The molecule has 1 fully saturated rings. The molecule has 0 aromatic carbocycles. The van der Waals surface area contributed by atoms with Crippen molar-refractivity contribution in [3.8, 4) is 0 Å². The van der Waals surface area contributed by atoms with Crippen molar-refractivity contribution in [1.82, 2.24) is 9.97 Å². The Morgan fingerprint density at radius 2 is 2.00 bits per heavy atom. The summed E-state index contributed by atoms with van der Waals surface area (Å²) in [5.41, 5.74) is 1.52. The van der Waals surface area contributed by atoms with Gasteiger partial charge in [0.25, 0.3) is 0 Å². The number of anilines is 1. The van der Waals surface area contributed by atoms with Crippen molar-refractivity contribution in [1.29, 1.82) is 0 Å². The third kappa shape index (κ3) is 1.63. The number of rotatable bonds is 1. The predicted octanol–water partition coefficient (Wildman–Crippen LogP) is 2.87. The first-order valence-corrected chi connectivity index (χ1v) is 5.88. The lowest BCUT2D eigenvalue weighted by Crippen LogP contribution is -2.30. The Morgan fingerprint density at radius 3 is 2.81 bits per heavy atom. The number of halogens is 1. The molecule has 2 aromatic rings. The van der Waals surface area contributed by atoms with Gasteiger partial charge in [0.15, 0.2) is 11.4 Å². The van der Waals surface area contributed by atoms with E-state index in [4.69, 9.17) is 16.0 Å². The van der Waals surface area contributed by atoms with Crippen molar-refractivity contribution >= 4 is 28.5 Å². The average molecular weight is 238 g/mol. The Bertz CT molecular complexity index is 505. The van der Waals surface area contributed by atoms with E-state index < -0.39 is 0 Å². The molecule has 0 radical (unpaired) electrons. The van der Waals surface area contributed by atoms with Crippen molar-refractivity contribution in [3.05, 3.63) is 17.6 Å². The van der Waals surface area contributed by atoms with Crippen LogP contribution in [-0.2, 0) is 0 Å². The minimum Gasteiger partial charge on any atom is -0.459 e. The van der Waals surface area contributed by atoms with Gasteiger partial charge in [-0.15, -0.1) is 0 Å². The second kappa shape index (κ2) is 3.94. The van der Waals surface area contributed by atoms with E-state index in [1.807, 2.05) is 6.07 Å². The van der Waals surface area contributed by atoms with E-state index in [1.54, 1.807) is 6.26 Å². The summed E-state index contributed by atoms with van der Waals surface area (Å²) in [5.74, 6) is 0.833. The molecule has 16 heavy (non-hydrogen) atoms. The third-order valence-electron chi connectivity index (χ3n) is 2.91. The van der Waals surface area contributed by atoms with Gasteiger partial charge in [0.05, 0.1) is 6.26 Å². The Balaban J connectivity index is 2.09. The van der Waals surface area contributed by atoms with Crippen molar-refractivity contribution < 1.29 is 4.42 Å². The fourth-order valence-corrected chi connectivity index (χ4v) is 2.31. The largest absolute Gasteiger partial charge is 0.459 e. The molecule has 3 rings (SSSR count). The summed E-state index contributed by atoms with van der Waals surface area (Å²) in [7, 11) is 0. The van der Waals surface area contributed by atoms with Crippen LogP contribution in [0.5, 0.6) is 0 Å². The zero-order valence-corrected chi connectivity index (χ0v) is 9.57. The first-order chi connectivity index (χ1) is 7.84. The second-order valence-corrected chi connectivity index (χ2v) is 4.34. The van der Waals surface area contributed by atoms with E-state index in [-0.39, 0.29) is 5.28 Å². The van der Waals surface area contributed by atoms with E-state index in [2.05, 4.69) is 14.9 Å². The molecule has 2 aromatic heterocycles. The van der Waals surface area contributed by atoms with E-state index in [0.717, 1.165) is 30.0 Å². The van der Waals surface area contributed by atoms with Gasteiger partial charge in [-0.05, 0) is 30.9 Å². The van der Waals surface area contributed by atoms with Crippen LogP contribution in [0.15, 0.2) is 16.7 Å². The lowest BCUT2D eigenvalue weighted by atomic mass is 10.1. The minimum atomic E-state index is 0.287. The highest BCUT2D eigenvalue weighted by atomic mass is 35.5. The maximum atomic E-state index is 5.91. The highest BCUT2D eigenvalue weighted by Crippen LogP contribution is 2.28. The number of furan rings is 1. The smallest absolute Gasteiger partial charge is 0.225 e. The molecular formula is C11H12ClN3O. The second-order valence-electron chi connectivity index (χ2n) is 4.00. The quantitative estimate of drug-likeness (QED) is 0.716. The van der Waals surface area contributed by atoms with Crippen molar-refractivity contribution in [3.63, 3.8) is 0 Å². The Morgan fingerprint density at radius 1 is 1.19 bits per heavy atom. The number of piperidine rings is 1. The summed E-state index contributed by atoms with van der Waals surface area (Å²) in [6, 6.07) is 1.82. The van der Waals surface area contributed by atoms with Crippen LogP contribution < -0.4 is 4.90 Å². The lowest BCUT2D eigenvalue weighted by Gasteiger charge is -2.27. The van der Waals surface area contributed by atoms with Crippen LogP contribution in [0.3, 0.4) is 0 Å². The number of nitrogens with zero attached hydrogens (tertiary/aromatic N) is 3. The molecule has 0 saturated carbocycles. The molecule has 1 aliphatic heterocycles. The Labute approximate surface area is 98.2 Å². The van der Waals surface area contributed by atoms with E-state index in [9.17, 15) is 0 Å². The number of fused-ring (bicyclic) bond motifs is 1. The predicted molar refractivity (Wildman–Crippen MR) is 62.9 cm³/mol. The van der Waals surface area contributed by atoms with Gasteiger partial charge < -0.3 is 9.32 Å². The number of hydrogen-bond acceptors (Lipinski definition) is 4. The molecule has 0 spiro atoms. The van der Waals surface area contributed by atoms with Crippen LogP contribution in [-0.4, -0.2) is 23.1 Å². The van der Waals surface area contributed by atoms with Gasteiger partial charge in [-0.25, -0.2) is 4.98 Å². The molecule has 0 amide bonds. The Hall–Kier alpha value is -1.29. The van der Waals surface area contributed by atoms with E-state index in [1.165, 1.54) is 19.3 Å². The average Bonchev–Trinajstić information content (AvgIpc) is 2.77. The summed E-state index contributed by atoms with van der Waals surface area (Å²) in [5, 5.41) is 0.287. The summed E-state index contributed by atoms with van der Waals surface area (Å²) < 4.78 is 5.43. The van der Waals surface area contributed by atoms with Crippen LogP contribution >= 0.6 is 11.6 Å². The summed E-state index contributed by atoms with van der Waals surface area (Å²) >= 11 is 5.91. The van der Waals surface area contributed by atoms with Gasteiger partial charge >= 0.3 is 0 Å². The molecule has 0 bridgehead atoms. The fraction of sp³-hybridized carbons (Fsp3) is 0.455. The van der Waals surface area contributed by atoms with Gasteiger partial charge in [-0.2, -0.15) is 4.98 Å². The molecule has 5 heteroatoms. The zero-order chi connectivity index (χ0) is 11.0. The maximum Gasteiger partial charge on any atom is 0.225 e. The SMILES string of the molecule is Clc1nc(N2CCCCC2)c2occc2n1. The van der Waals surface area contributed by atoms with Crippen LogP contribution in [0.25, 0.3) is 11.1 Å². The molecule has 3 heterocycles. The molecule has 0 unspecified atom stereocenters. The van der Waals surface area contributed by atoms with Crippen LogP contribution in [0.4, 0.5) is 5.82 Å². The standard InChI is InChI=1S/C11H12ClN3O/c12-11-13-8-4-7-16-9(8)10(14-11)15-5-2-1-3-6-15/h4,7H,1-3,5-6H2. The van der Waals surface area contributed by atoms with Crippen LogP contribution in [0.2, 0.25) is 5.28 Å². The van der Waals surface area contributed by atoms with E-state index >= 15 is 0 Å². The molecule has 4 nitrogen and oxygen atoms in total. The van der Waals surface area contributed by atoms with Gasteiger partial charge in [0.1, 0.15) is 5.52 Å². The Kier molecular flexibility index (Phi) is 2.44. The zero-order valence-electron chi connectivity index (χ0n) is 8.82. The summed E-state index contributed by atoms with van der Waals surface area (Å²) in [6.07, 6.45) is 5.31. The normalized spacial score (nSPS) is 16.9. The summed E-state index contributed by atoms with van der Waals surface area (Å²) in [4.78, 5) is 10.6. The molecule has 84 valence electrons. The number of aromatic nitrogens is 2. The topological polar surface area (TPSA) is 42.2 Å². The molecule has 1 aliphatic rings. The van der Waals surface area contributed by atoms with Gasteiger partial charge in [-0.3, -0.25) is 0 Å². The highest BCUT2D eigenvalue weighted by Gasteiger charge is 2.18. The maximum absolute atomic E-state index is 5.91. The van der Waals surface area contributed by atoms with Crippen molar-refractivity contribution in [2.75, 3.05) is 18.0 Å². The monoisotopic (exact) mass is 237 g/mol. The molecule has 0 N–H and O–H groups in total. The van der Waals surface area contributed by atoms with Gasteiger partial charge in [0.2, 0.25) is 5.28 Å². The number of hydrogen-bond donors (Lipinski definition) is 0. The van der Waals surface area contributed by atoms with Crippen LogP contribution in [0.1, 0.15) is 19.3 Å². The van der Waals surface area contributed by atoms with Crippen molar-refractivity contribution in [2.24, 2.45) is 0 Å². The van der Waals surface area contributed by atoms with Crippen molar-refractivity contribution in [2.45, 2.75) is 19.3 Å². The van der Waals surface area contributed by atoms with Gasteiger partial charge in [-0.1, -0.05) is 0 Å². The lowest BCUT2D eigenvalue weighted by molar-refractivity contribution is 0.564. The molecular weight excluding hydrogens is 226 g/mol. The summed E-state index contributed by atoms with van der Waals surface area (Å²) in [6.45, 7) is 2.03. The molecule has 0 atom stereocenters. The third-order valence-corrected chi connectivity index (χ3v) is 3.08. The fourth-order valence-electron chi connectivity index (χ4n) is 2.14. The minimum absolute atomic E-state index is 0.287. The molecule has 0 aliphatic carbocycles. The first-order valence-electron chi connectivity index (χ1n) is 5.50. The van der Waals surface area contributed by atoms with Crippen LogP contribution in [0, 0.1) is 0 Å². The highest BCUT2D eigenvalue weighted by molar-refractivity contribution is 6.28. The molecule has 1 saturated heterocycles. The first kappa shape index (κ1) is 9.90. The van der Waals surface area contributed by atoms with Gasteiger partial charge in [0, 0.05) is 19.2 Å². The van der Waals surface area contributed by atoms with E-state index in [0.29, 0.717) is 0 Å².